The Morgan fingerprint density at radius 1 is 1.36 bits per heavy atom. The van der Waals surface area contributed by atoms with Gasteiger partial charge in [-0.3, -0.25) is 0 Å². The van der Waals surface area contributed by atoms with E-state index in [1.54, 1.807) is 12.1 Å². The van der Waals surface area contributed by atoms with Gasteiger partial charge in [-0.05, 0) is 62.6 Å². The van der Waals surface area contributed by atoms with Crippen molar-refractivity contribution in [1.82, 2.24) is 10.6 Å². The van der Waals surface area contributed by atoms with Crippen LogP contribution in [0, 0.1) is 11.7 Å². The fourth-order valence-electron chi connectivity index (χ4n) is 3.68. The molecule has 2 heterocycles. The fraction of sp³-hybridized carbons (Fsp3) is 0.632. The number of rotatable bonds is 6. The number of nitrogens with one attached hydrogen (secondary N) is 2. The summed E-state index contributed by atoms with van der Waals surface area (Å²) in [6.45, 7) is 2.43. The Morgan fingerprint density at radius 3 is 2.84 bits per heavy atom. The number of carbonyl (C=O) groups is 1. The summed E-state index contributed by atoms with van der Waals surface area (Å²) in [4.78, 5) is 12.2. The number of halogens is 1. The number of ether oxygens (including phenoxy) is 2. The molecule has 2 N–H and O–H groups in total. The normalized spacial score (nSPS) is 28.6. The Labute approximate surface area is 147 Å². The van der Waals surface area contributed by atoms with Crippen molar-refractivity contribution in [2.24, 2.45) is 5.92 Å². The van der Waals surface area contributed by atoms with E-state index >= 15 is 0 Å². The number of benzene rings is 1. The zero-order valence-corrected chi connectivity index (χ0v) is 14.5. The largest absolute Gasteiger partial charge is 0.490 e. The van der Waals surface area contributed by atoms with E-state index in [-0.39, 0.29) is 35.8 Å². The van der Waals surface area contributed by atoms with Gasteiger partial charge in [-0.2, -0.15) is 0 Å². The predicted molar refractivity (Wildman–Crippen MR) is 91.0 cm³/mol. The van der Waals surface area contributed by atoms with Crippen molar-refractivity contribution in [3.05, 3.63) is 29.6 Å². The molecule has 6 heteroatoms. The summed E-state index contributed by atoms with van der Waals surface area (Å²) < 4.78 is 25.4. The lowest BCUT2D eigenvalue weighted by Crippen LogP contribution is -2.46. The first-order valence-electron chi connectivity index (χ1n) is 9.23. The van der Waals surface area contributed by atoms with E-state index in [2.05, 4.69) is 10.6 Å². The number of fused-ring (bicyclic) bond motifs is 2. The van der Waals surface area contributed by atoms with Crippen LogP contribution in [0.4, 0.5) is 9.18 Å². The summed E-state index contributed by atoms with van der Waals surface area (Å²) in [5.41, 5.74) is 0.718. The van der Waals surface area contributed by atoms with Crippen LogP contribution >= 0.6 is 0 Å². The number of urea groups is 1. The molecular weight excluding hydrogens is 323 g/mol. The van der Waals surface area contributed by atoms with Gasteiger partial charge in [-0.1, -0.05) is 6.07 Å². The summed E-state index contributed by atoms with van der Waals surface area (Å²) in [6, 6.07) is 4.45. The van der Waals surface area contributed by atoms with Gasteiger partial charge in [-0.25, -0.2) is 9.18 Å². The number of hydrogen-bond donors (Lipinski definition) is 2. The van der Waals surface area contributed by atoms with Crippen LogP contribution in [-0.4, -0.2) is 30.9 Å². The smallest absolute Gasteiger partial charge is 0.315 e. The zero-order valence-electron chi connectivity index (χ0n) is 14.5. The minimum absolute atomic E-state index is 0.0842. The monoisotopic (exact) mass is 348 g/mol. The third-order valence-corrected chi connectivity index (χ3v) is 5.40. The Morgan fingerprint density at radius 2 is 2.20 bits per heavy atom. The van der Waals surface area contributed by atoms with Gasteiger partial charge >= 0.3 is 6.03 Å². The average molecular weight is 348 g/mol. The van der Waals surface area contributed by atoms with Gasteiger partial charge in [0, 0.05) is 0 Å². The molecule has 2 aliphatic heterocycles. The molecule has 2 saturated heterocycles. The molecule has 4 atom stereocenters. The Hall–Kier alpha value is -1.82. The number of carbonyl (C=O) groups excluding carboxylic acids is 1. The SMILES string of the molecule is C[C@H](NC(=O)N[C@@H]1C[C@H]2CC[C@H]1O2)c1ccc(OCC2CC2)c(F)c1. The average Bonchev–Trinajstić information content (AvgIpc) is 3.18. The zero-order chi connectivity index (χ0) is 17.4. The first-order valence-corrected chi connectivity index (χ1v) is 9.23. The highest BCUT2D eigenvalue weighted by Gasteiger charge is 2.41. The van der Waals surface area contributed by atoms with E-state index < -0.39 is 0 Å². The molecule has 1 aromatic rings. The molecule has 0 unspecified atom stereocenters. The standard InChI is InChI=1S/C19H25FN2O3/c1-11(21-19(23)22-16-9-14-5-7-18(16)25-14)13-4-6-17(15(20)8-13)24-10-12-2-3-12/h4,6,8,11-12,14,16,18H,2-3,5,7,9-10H2,1H3,(H2,21,22,23)/t11-,14+,16+,18+/m0/s1. The molecule has 0 radical (unpaired) electrons. The summed E-state index contributed by atoms with van der Waals surface area (Å²) in [5.74, 6) is 0.485. The minimum atomic E-state index is -0.381. The summed E-state index contributed by atoms with van der Waals surface area (Å²) in [6.07, 6.45) is 5.77. The molecule has 1 aliphatic carbocycles. The van der Waals surface area contributed by atoms with Crippen molar-refractivity contribution in [3.63, 3.8) is 0 Å². The molecule has 0 aromatic heterocycles. The summed E-state index contributed by atoms with van der Waals surface area (Å²) in [5, 5.41) is 5.86. The van der Waals surface area contributed by atoms with E-state index in [0.717, 1.165) is 24.8 Å². The van der Waals surface area contributed by atoms with Gasteiger partial charge in [0.15, 0.2) is 11.6 Å². The van der Waals surface area contributed by atoms with Crippen LogP contribution in [0.2, 0.25) is 0 Å². The Balaban J connectivity index is 1.29. The van der Waals surface area contributed by atoms with E-state index in [4.69, 9.17) is 9.47 Å². The van der Waals surface area contributed by atoms with Crippen molar-refractivity contribution in [2.75, 3.05) is 6.61 Å². The van der Waals surface area contributed by atoms with Gasteiger partial charge in [-0.15, -0.1) is 0 Å². The van der Waals surface area contributed by atoms with Crippen molar-refractivity contribution in [2.45, 2.75) is 63.3 Å². The van der Waals surface area contributed by atoms with Crippen LogP contribution < -0.4 is 15.4 Å². The molecule has 3 aliphatic rings. The highest BCUT2D eigenvalue weighted by Crippen LogP contribution is 2.34. The molecular formula is C19H25FN2O3. The van der Waals surface area contributed by atoms with Gasteiger partial charge in [0.05, 0.1) is 30.9 Å². The number of amides is 2. The van der Waals surface area contributed by atoms with Gasteiger partial charge < -0.3 is 20.1 Å². The molecule has 2 amide bonds. The number of hydrogen-bond acceptors (Lipinski definition) is 3. The third-order valence-electron chi connectivity index (χ3n) is 5.40. The molecule has 0 spiro atoms. The van der Waals surface area contributed by atoms with Crippen LogP contribution in [-0.2, 0) is 4.74 Å². The first-order chi connectivity index (χ1) is 12.1. The maximum absolute atomic E-state index is 14.2. The van der Waals surface area contributed by atoms with E-state index in [9.17, 15) is 9.18 Å². The molecule has 136 valence electrons. The second kappa shape index (κ2) is 6.83. The van der Waals surface area contributed by atoms with Gasteiger partial charge in [0.1, 0.15) is 0 Å². The lowest BCUT2D eigenvalue weighted by molar-refractivity contribution is 0.0980. The lowest BCUT2D eigenvalue weighted by Gasteiger charge is -2.22. The van der Waals surface area contributed by atoms with Gasteiger partial charge in [0.2, 0.25) is 0 Å². The molecule has 2 bridgehead atoms. The van der Waals surface area contributed by atoms with Crippen molar-refractivity contribution in [3.8, 4) is 5.75 Å². The highest BCUT2D eigenvalue weighted by atomic mass is 19.1. The maximum atomic E-state index is 14.2. The summed E-state index contributed by atoms with van der Waals surface area (Å²) in [7, 11) is 0. The fourth-order valence-corrected chi connectivity index (χ4v) is 3.68. The molecule has 4 rings (SSSR count). The highest BCUT2D eigenvalue weighted by molar-refractivity contribution is 5.75. The van der Waals surface area contributed by atoms with E-state index in [0.29, 0.717) is 18.6 Å². The maximum Gasteiger partial charge on any atom is 0.315 e. The van der Waals surface area contributed by atoms with Crippen molar-refractivity contribution < 1.29 is 18.7 Å². The second-order valence-electron chi connectivity index (χ2n) is 7.50. The lowest BCUT2D eigenvalue weighted by atomic mass is 9.96. The molecule has 3 fully saturated rings. The topological polar surface area (TPSA) is 59.6 Å². The van der Waals surface area contributed by atoms with Crippen LogP contribution in [0.25, 0.3) is 0 Å². The van der Waals surface area contributed by atoms with Crippen LogP contribution in [0.1, 0.15) is 50.6 Å². The molecule has 1 aromatic carbocycles. The van der Waals surface area contributed by atoms with E-state index in [1.165, 1.54) is 18.9 Å². The van der Waals surface area contributed by atoms with Crippen molar-refractivity contribution >= 4 is 6.03 Å². The molecule has 1 saturated carbocycles. The van der Waals surface area contributed by atoms with Crippen LogP contribution in [0.15, 0.2) is 18.2 Å². The van der Waals surface area contributed by atoms with Gasteiger partial charge in [0.25, 0.3) is 0 Å². The van der Waals surface area contributed by atoms with Crippen LogP contribution in [0.5, 0.6) is 5.75 Å². The Bertz CT molecular complexity index is 650. The molecule has 5 nitrogen and oxygen atoms in total. The quantitative estimate of drug-likeness (QED) is 0.829. The van der Waals surface area contributed by atoms with Crippen molar-refractivity contribution in [1.29, 1.82) is 0 Å². The first kappa shape index (κ1) is 16.6. The summed E-state index contributed by atoms with van der Waals surface area (Å²) >= 11 is 0. The van der Waals surface area contributed by atoms with Crippen LogP contribution in [0.3, 0.4) is 0 Å². The second-order valence-corrected chi connectivity index (χ2v) is 7.50. The minimum Gasteiger partial charge on any atom is -0.490 e. The Kier molecular flexibility index (Phi) is 4.54. The third kappa shape index (κ3) is 3.89. The van der Waals surface area contributed by atoms with E-state index in [1.807, 2.05) is 6.92 Å². The predicted octanol–water partition coefficient (Wildman–Crippen LogP) is 3.29. The molecule has 25 heavy (non-hydrogen) atoms.